The largest absolute Gasteiger partial charge is 0.375 e. The third-order valence-corrected chi connectivity index (χ3v) is 4.06. The van der Waals surface area contributed by atoms with Crippen LogP contribution in [0.25, 0.3) is 10.2 Å². The number of imidazole rings is 1. The Hall–Kier alpha value is -1.88. The van der Waals surface area contributed by atoms with Crippen LogP contribution in [0.15, 0.2) is 30.6 Å². The van der Waals surface area contributed by atoms with Gasteiger partial charge in [0.05, 0.1) is 21.3 Å². The van der Waals surface area contributed by atoms with Gasteiger partial charge < -0.3 is 9.88 Å². The lowest BCUT2D eigenvalue weighted by Crippen LogP contribution is -2.11. The molecular formula is C14H16N4S. The van der Waals surface area contributed by atoms with Gasteiger partial charge in [0.2, 0.25) is 0 Å². The SMILES string of the molecule is Cc1nc2ccc(NC(C)c3nccn3C)cc2s1. The van der Waals surface area contributed by atoms with Crippen LogP contribution in [0.2, 0.25) is 0 Å². The van der Waals surface area contributed by atoms with Crippen LogP contribution in [0.4, 0.5) is 5.69 Å². The van der Waals surface area contributed by atoms with Crippen molar-refractivity contribution in [1.82, 2.24) is 14.5 Å². The van der Waals surface area contributed by atoms with Crippen molar-refractivity contribution in [2.45, 2.75) is 19.9 Å². The van der Waals surface area contributed by atoms with Gasteiger partial charge in [-0.15, -0.1) is 11.3 Å². The number of nitrogens with one attached hydrogen (secondary N) is 1. The normalized spacial score (nSPS) is 12.8. The fraction of sp³-hybridized carbons (Fsp3) is 0.286. The van der Waals surface area contributed by atoms with Gasteiger partial charge in [0.1, 0.15) is 5.82 Å². The lowest BCUT2D eigenvalue weighted by atomic mass is 10.2. The molecule has 0 spiro atoms. The molecule has 0 saturated carbocycles. The lowest BCUT2D eigenvalue weighted by Gasteiger charge is -2.15. The maximum Gasteiger partial charge on any atom is 0.130 e. The van der Waals surface area contributed by atoms with Crippen LogP contribution in [0.5, 0.6) is 0 Å². The van der Waals surface area contributed by atoms with Gasteiger partial charge in [-0.1, -0.05) is 0 Å². The molecule has 0 aliphatic heterocycles. The van der Waals surface area contributed by atoms with E-state index >= 15 is 0 Å². The maximum atomic E-state index is 4.47. The van der Waals surface area contributed by atoms with E-state index in [9.17, 15) is 0 Å². The number of aryl methyl sites for hydroxylation is 2. The topological polar surface area (TPSA) is 42.7 Å². The monoisotopic (exact) mass is 272 g/mol. The molecule has 0 saturated heterocycles. The van der Waals surface area contributed by atoms with Gasteiger partial charge in [-0.3, -0.25) is 0 Å². The fourth-order valence-electron chi connectivity index (χ4n) is 2.24. The quantitative estimate of drug-likeness (QED) is 0.793. The van der Waals surface area contributed by atoms with Gasteiger partial charge in [-0.2, -0.15) is 0 Å². The highest BCUT2D eigenvalue weighted by molar-refractivity contribution is 7.18. The molecule has 19 heavy (non-hydrogen) atoms. The van der Waals surface area contributed by atoms with E-state index in [1.807, 2.05) is 30.9 Å². The average molecular weight is 272 g/mol. The highest BCUT2D eigenvalue weighted by Crippen LogP contribution is 2.26. The molecule has 2 heterocycles. The molecule has 3 aromatic rings. The molecule has 0 bridgehead atoms. The molecule has 0 aliphatic rings. The molecule has 0 aliphatic carbocycles. The Bertz CT molecular complexity index is 713. The first-order valence-corrected chi connectivity index (χ1v) is 7.06. The summed E-state index contributed by atoms with van der Waals surface area (Å²) in [5.74, 6) is 1.03. The summed E-state index contributed by atoms with van der Waals surface area (Å²) in [6.07, 6.45) is 3.78. The molecule has 1 aromatic carbocycles. The van der Waals surface area contributed by atoms with Crippen molar-refractivity contribution < 1.29 is 0 Å². The van der Waals surface area contributed by atoms with Crippen molar-refractivity contribution in [3.05, 3.63) is 41.4 Å². The van der Waals surface area contributed by atoms with Gasteiger partial charge in [0.15, 0.2) is 0 Å². The van der Waals surface area contributed by atoms with Crippen LogP contribution < -0.4 is 5.32 Å². The second-order valence-electron chi connectivity index (χ2n) is 4.68. The van der Waals surface area contributed by atoms with E-state index in [-0.39, 0.29) is 6.04 Å². The molecule has 3 rings (SSSR count). The van der Waals surface area contributed by atoms with Gasteiger partial charge in [0.25, 0.3) is 0 Å². The van der Waals surface area contributed by atoms with Crippen LogP contribution in [-0.2, 0) is 7.05 Å². The summed E-state index contributed by atoms with van der Waals surface area (Å²) in [7, 11) is 2.01. The van der Waals surface area contributed by atoms with E-state index in [0.29, 0.717) is 0 Å². The first kappa shape index (κ1) is 12.2. The van der Waals surface area contributed by atoms with Crippen molar-refractivity contribution in [2.75, 3.05) is 5.32 Å². The number of hydrogen-bond acceptors (Lipinski definition) is 4. The van der Waals surface area contributed by atoms with Gasteiger partial charge in [0, 0.05) is 25.1 Å². The Labute approximate surface area is 116 Å². The fourth-order valence-corrected chi connectivity index (χ4v) is 3.10. The van der Waals surface area contributed by atoms with E-state index in [4.69, 9.17) is 0 Å². The standard InChI is InChI=1S/C14H16N4S/c1-9(14-15-6-7-18(14)3)16-11-4-5-12-13(8-11)19-10(2)17-12/h4-9,16H,1-3H3. The smallest absolute Gasteiger partial charge is 0.130 e. The molecule has 0 radical (unpaired) electrons. The average Bonchev–Trinajstić information content (AvgIpc) is 2.93. The number of thiazole rings is 1. The zero-order chi connectivity index (χ0) is 13.4. The number of nitrogens with zero attached hydrogens (tertiary/aromatic N) is 3. The lowest BCUT2D eigenvalue weighted by molar-refractivity contribution is 0.722. The first-order valence-electron chi connectivity index (χ1n) is 6.24. The van der Waals surface area contributed by atoms with Crippen LogP contribution in [0, 0.1) is 6.92 Å². The second-order valence-corrected chi connectivity index (χ2v) is 5.91. The minimum atomic E-state index is 0.173. The van der Waals surface area contributed by atoms with Crippen LogP contribution in [0.3, 0.4) is 0 Å². The predicted octanol–water partition coefficient (Wildman–Crippen LogP) is 3.51. The Kier molecular flexibility index (Phi) is 2.98. The molecule has 0 amide bonds. The summed E-state index contributed by atoms with van der Waals surface area (Å²) in [4.78, 5) is 8.84. The molecule has 0 fully saturated rings. The maximum absolute atomic E-state index is 4.47. The third kappa shape index (κ3) is 2.33. The van der Waals surface area contributed by atoms with Crippen LogP contribution in [0.1, 0.15) is 23.8 Å². The number of aromatic nitrogens is 3. The zero-order valence-electron chi connectivity index (χ0n) is 11.2. The number of anilines is 1. The highest BCUT2D eigenvalue weighted by atomic mass is 32.1. The van der Waals surface area contributed by atoms with Gasteiger partial charge in [-0.25, -0.2) is 9.97 Å². The summed E-state index contributed by atoms with van der Waals surface area (Å²) in [6.45, 7) is 4.15. The summed E-state index contributed by atoms with van der Waals surface area (Å²) < 4.78 is 3.25. The van der Waals surface area contributed by atoms with E-state index < -0.39 is 0 Å². The van der Waals surface area contributed by atoms with E-state index in [0.717, 1.165) is 22.0 Å². The zero-order valence-corrected chi connectivity index (χ0v) is 12.0. The summed E-state index contributed by atoms with van der Waals surface area (Å²) in [6, 6.07) is 6.46. The molecule has 1 N–H and O–H groups in total. The van der Waals surface area contributed by atoms with Crippen LogP contribution in [-0.4, -0.2) is 14.5 Å². The van der Waals surface area contributed by atoms with Crippen molar-refractivity contribution in [2.24, 2.45) is 7.05 Å². The van der Waals surface area contributed by atoms with E-state index in [2.05, 4.69) is 40.4 Å². The van der Waals surface area contributed by atoms with Crippen molar-refractivity contribution in [3.63, 3.8) is 0 Å². The molecule has 4 nitrogen and oxygen atoms in total. The Morgan fingerprint density at radius 2 is 2.21 bits per heavy atom. The van der Waals surface area contributed by atoms with Gasteiger partial charge in [-0.05, 0) is 32.0 Å². The predicted molar refractivity (Wildman–Crippen MR) is 79.6 cm³/mol. The van der Waals surface area contributed by atoms with Gasteiger partial charge >= 0.3 is 0 Å². The minimum Gasteiger partial charge on any atom is -0.375 e. The summed E-state index contributed by atoms with van der Waals surface area (Å²) in [5.41, 5.74) is 2.17. The third-order valence-electron chi connectivity index (χ3n) is 3.12. The van der Waals surface area contributed by atoms with Crippen molar-refractivity contribution >= 4 is 27.2 Å². The minimum absolute atomic E-state index is 0.173. The highest BCUT2D eigenvalue weighted by Gasteiger charge is 2.10. The Balaban J connectivity index is 1.86. The molecule has 2 aromatic heterocycles. The molecule has 1 atom stereocenters. The van der Waals surface area contributed by atoms with E-state index in [1.165, 1.54) is 4.70 Å². The number of hydrogen-bond donors (Lipinski definition) is 1. The number of rotatable bonds is 3. The molecular weight excluding hydrogens is 256 g/mol. The molecule has 98 valence electrons. The summed E-state index contributed by atoms with van der Waals surface area (Å²) in [5, 5.41) is 4.58. The van der Waals surface area contributed by atoms with Crippen molar-refractivity contribution in [1.29, 1.82) is 0 Å². The summed E-state index contributed by atoms with van der Waals surface area (Å²) >= 11 is 1.72. The Morgan fingerprint density at radius 1 is 1.37 bits per heavy atom. The van der Waals surface area contributed by atoms with E-state index in [1.54, 1.807) is 11.3 Å². The van der Waals surface area contributed by atoms with Crippen molar-refractivity contribution in [3.8, 4) is 0 Å². The first-order chi connectivity index (χ1) is 9.13. The second kappa shape index (κ2) is 4.66. The molecule has 1 unspecified atom stereocenters. The molecule has 5 heteroatoms. The number of fused-ring (bicyclic) bond motifs is 1. The Morgan fingerprint density at radius 3 is 2.95 bits per heavy atom. The van der Waals surface area contributed by atoms with Crippen LogP contribution >= 0.6 is 11.3 Å². The number of benzene rings is 1.